The number of fused-ring (bicyclic) bond motifs is 1. The van der Waals surface area contributed by atoms with Gasteiger partial charge >= 0.3 is 0 Å². The number of hydrogen-bond acceptors (Lipinski definition) is 3. The highest BCUT2D eigenvalue weighted by molar-refractivity contribution is 9.10. The Bertz CT molecular complexity index is 636. The highest BCUT2D eigenvalue weighted by atomic mass is 79.9. The summed E-state index contributed by atoms with van der Waals surface area (Å²) in [6.07, 6.45) is 5.15. The molecule has 2 saturated heterocycles. The molecular formula is C16H19BrN4. The second-order valence-corrected chi connectivity index (χ2v) is 6.93. The summed E-state index contributed by atoms with van der Waals surface area (Å²) >= 11 is 3.39. The zero-order valence-corrected chi connectivity index (χ0v) is 13.7. The van der Waals surface area contributed by atoms with E-state index in [1.54, 1.807) is 0 Å². The summed E-state index contributed by atoms with van der Waals surface area (Å²) in [5.74, 6) is 0.847. The van der Waals surface area contributed by atoms with Crippen molar-refractivity contribution in [3.63, 3.8) is 0 Å². The van der Waals surface area contributed by atoms with Crippen molar-refractivity contribution < 1.29 is 0 Å². The van der Waals surface area contributed by atoms with E-state index in [9.17, 15) is 0 Å². The number of anilines is 1. The molecule has 0 saturated carbocycles. The number of imidazole rings is 1. The van der Waals surface area contributed by atoms with Gasteiger partial charge in [-0.25, -0.2) is 4.98 Å². The summed E-state index contributed by atoms with van der Waals surface area (Å²) in [6, 6.07) is 9.53. The Labute approximate surface area is 133 Å². The van der Waals surface area contributed by atoms with Gasteiger partial charge in [-0.15, -0.1) is 0 Å². The average molecular weight is 347 g/mol. The van der Waals surface area contributed by atoms with Crippen LogP contribution in [-0.2, 0) is 0 Å². The lowest BCUT2D eigenvalue weighted by Crippen LogP contribution is -2.32. The molecule has 21 heavy (non-hydrogen) atoms. The summed E-state index contributed by atoms with van der Waals surface area (Å²) in [5, 5.41) is 0. The Hall–Kier alpha value is -1.33. The molecule has 2 aromatic rings. The van der Waals surface area contributed by atoms with Crippen LogP contribution in [0.3, 0.4) is 0 Å². The number of halogens is 1. The van der Waals surface area contributed by atoms with Gasteiger partial charge in [0.1, 0.15) is 10.9 Å². The summed E-state index contributed by atoms with van der Waals surface area (Å²) < 4.78 is 2.89. The average Bonchev–Trinajstić information content (AvgIpc) is 3.17. The van der Waals surface area contributed by atoms with E-state index in [2.05, 4.69) is 62.0 Å². The molecule has 4 nitrogen and oxygen atoms in total. The van der Waals surface area contributed by atoms with E-state index in [0.29, 0.717) is 0 Å². The zero-order chi connectivity index (χ0) is 14.4. The van der Waals surface area contributed by atoms with Gasteiger partial charge in [-0.05, 0) is 66.1 Å². The fraction of sp³-hybridized carbons (Fsp3) is 0.438. The van der Waals surface area contributed by atoms with E-state index >= 15 is 0 Å². The normalized spacial score (nSPS) is 25.5. The van der Waals surface area contributed by atoms with E-state index in [4.69, 9.17) is 0 Å². The smallest absolute Gasteiger partial charge is 0.124 e. The molecule has 0 N–H and O–H groups in total. The summed E-state index contributed by atoms with van der Waals surface area (Å²) in [5.41, 5.74) is 2.48. The van der Waals surface area contributed by atoms with E-state index in [1.807, 2.05) is 17.1 Å². The maximum absolute atomic E-state index is 4.20. The van der Waals surface area contributed by atoms with Gasteiger partial charge in [-0.3, -0.25) is 0 Å². The molecule has 2 fully saturated rings. The van der Waals surface area contributed by atoms with Gasteiger partial charge in [0, 0.05) is 36.7 Å². The minimum atomic E-state index is 0.745. The standard InChI is InChI=1S/C16H19BrN4/c1-19-7-6-12-8-20(9-15(12)19)13-2-4-14(5-3-13)21-10-16(17)18-11-21/h2-5,10-12,15H,6-9H2,1H3/t12-,15+/m1/s1. The Kier molecular flexibility index (Phi) is 3.27. The maximum Gasteiger partial charge on any atom is 0.124 e. The van der Waals surface area contributed by atoms with Crippen LogP contribution in [0.15, 0.2) is 41.4 Å². The van der Waals surface area contributed by atoms with Crippen LogP contribution < -0.4 is 4.90 Å². The van der Waals surface area contributed by atoms with Crippen molar-refractivity contribution in [1.29, 1.82) is 0 Å². The predicted octanol–water partition coefficient (Wildman–Crippen LogP) is 2.78. The van der Waals surface area contributed by atoms with Crippen molar-refractivity contribution in [2.45, 2.75) is 12.5 Å². The molecule has 110 valence electrons. The van der Waals surface area contributed by atoms with Crippen molar-refractivity contribution in [2.24, 2.45) is 5.92 Å². The van der Waals surface area contributed by atoms with Gasteiger partial charge in [0.2, 0.25) is 0 Å². The molecule has 5 heteroatoms. The fourth-order valence-electron chi connectivity index (χ4n) is 3.66. The monoisotopic (exact) mass is 346 g/mol. The van der Waals surface area contributed by atoms with E-state index in [0.717, 1.165) is 28.8 Å². The predicted molar refractivity (Wildman–Crippen MR) is 88.0 cm³/mol. The first kappa shape index (κ1) is 13.3. The van der Waals surface area contributed by atoms with Crippen molar-refractivity contribution in [3.05, 3.63) is 41.4 Å². The first-order chi connectivity index (χ1) is 10.2. The van der Waals surface area contributed by atoms with Crippen LogP contribution in [0.1, 0.15) is 6.42 Å². The molecule has 0 unspecified atom stereocenters. The van der Waals surface area contributed by atoms with Crippen molar-refractivity contribution in [1.82, 2.24) is 14.5 Å². The minimum Gasteiger partial charge on any atom is -0.370 e. The van der Waals surface area contributed by atoms with Gasteiger partial charge < -0.3 is 14.4 Å². The maximum atomic E-state index is 4.20. The number of hydrogen-bond donors (Lipinski definition) is 0. The molecule has 0 aliphatic carbocycles. The van der Waals surface area contributed by atoms with Crippen LogP contribution in [0, 0.1) is 5.92 Å². The summed E-state index contributed by atoms with van der Waals surface area (Å²) in [4.78, 5) is 9.25. The number of rotatable bonds is 2. The molecule has 4 rings (SSSR count). The zero-order valence-electron chi connectivity index (χ0n) is 12.1. The lowest BCUT2D eigenvalue weighted by Gasteiger charge is -2.22. The second-order valence-electron chi connectivity index (χ2n) is 6.12. The van der Waals surface area contributed by atoms with Crippen molar-refractivity contribution in [3.8, 4) is 5.69 Å². The van der Waals surface area contributed by atoms with Gasteiger partial charge in [0.25, 0.3) is 0 Å². The number of benzene rings is 1. The number of likely N-dealkylation sites (N-methyl/N-ethyl adjacent to an activating group) is 1. The Morgan fingerprint density at radius 3 is 2.57 bits per heavy atom. The van der Waals surface area contributed by atoms with E-state index in [-0.39, 0.29) is 0 Å². The third-order valence-electron chi connectivity index (χ3n) is 4.89. The molecule has 2 aliphatic rings. The van der Waals surface area contributed by atoms with Crippen LogP contribution in [0.4, 0.5) is 5.69 Å². The third kappa shape index (κ3) is 2.38. The molecule has 2 aliphatic heterocycles. The summed E-state index contributed by atoms with van der Waals surface area (Å²) in [6.45, 7) is 3.62. The number of likely N-dealkylation sites (tertiary alicyclic amines) is 1. The van der Waals surface area contributed by atoms with Gasteiger partial charge in [0.15, 0.2) is 0 Å². The van der Waals surface area contributed by atoms with E-state index < -0.39 is 0 Å². The molecule has 1 aromatic carbocycles. The second kappa shape index (κ2) is 5.14. The first-order valence-electron chi connectivity index (χ1n) is 7.46. The molecule has 0 radical (unpaired) electrons. The quantitative estimate of drug-likeness (QED) is 0.835. The molecule has 0 amide bonds. The molecule has 0 spiro atoms. The van der Waals surface area contributed by atoms with E-state index in [1.165, 1.54) is 25.2 Å². The van der Waals surface area contributed by atoms with Crippen LogP contribution in [0.25, 0.3) is 5.69 Å². The lowest BCUT2D eigenvalue weighted by molar-refractivity contribution is 0.310. The fourth-order valence-corrected chi connectivity index (χ4v) is 3.97. The van der Waals surface area contributed by atoms with Gasteiger partial charge in [0.05, 0.1) is 0 Å². The molecule has 0 bridgehead atoms. The van der Waals surface area contributed by atoms with Gasteiger partial charge in [-0.1, -0.05) is 0 Å². The highest BCUT2D eigenvalue weighted by Crippen LogP contribution is 2.33. The molecule has 2 atom stereocenters. The van der Waals surface area contributed by atoms with Gasteiger partial charge in [-0.2, -0.15) is 0 Å². The number of aromatic nitrogens is 2. The summed E-state index contributed by atoms with van der Waals surface area (Å²) in [7, 11) is 2.26. The minimum absolute atomic E-state index is 0.745. The Morgan fingerprint density at radius 1 is 1.14 bits per heavy atom. The van der Waals surface area contributed by atoms with Crippen LogP contribution in [0.2, 0.25) is 0 Å². The third-order valence-corrected chi connectivity index (χ3v) is 5.30. The van der Waals surface area contributed by atoms with Crippen LogP contribution in [0.5, 0.6) is 0 Å². The Balaban J connectivity index is 1.52. The Morgan fingerprint density at radius 2 is 1.90 bits per heavy atom. The topological polar surface area (TPSA) is 24.3 Å². The largest absolute Gasteiger partial charge is 0.370 e. The van der Waals surface area contributed by atoms with Crippen molar-refractivity contribution >= 4 is 21.6 Å². The molecular weight excluding hydrogens is 328 g/mol. The SMILES string of the molecule is CN1CC[C@@H]2CN(c3ccc(-n4cnc(Br)c4)cc3)C[C@@H]21. The van der Waals surface area contributed by atoms with Crippen LogP contribution >= 0.6 is 15.9 Å². The molecule has 3 heterocycles. The first-order valence-corrected chi connectivity index (χ1v) is 8.25. The highest BCUT2D eigenvalue weighted by Gasteiger charge is 2.39. The number of nitrogens with zero attached hydrogens (tertiary/aromatic N) is 4. The van der Waals surface area contributed by atoms with Crippen LogP contribution in [-0.4, -0.2) is 47.2 Å². The molecule has 1 aromatic heterocycles. The van der Waals surface area contributed by atoms with Crippen molar-refractivity contribution in [2.75, 3.05) is 31.6 Å². The lowest BCUT2D eigenvalue weighted by atomic mass is 10.1.